The van der Waals surface area contributed by atoms with Gasteiger partial charge in [0.25, 0.3) is 5.91 Å². The molecule has 104 valence electrons. The van der Waals surface area contributed by atoms with Crippen molar-refractivity contribution in [2.45, 2.75) is 32.6 Å². The summed E-state index contributed by atoms with van der Waals surface area (Å²) in [4.78, 5) is 12.0. The molecule has 0 spiro atoms. The van der Waals surface area contributed by atoms with Gasteiger partial charge < -0.3 is 10.4 Å². The van der Waals surface area contributed by atoms with Gasteiger partial charge in [-0.15, -0.1) is 0 Å². The zero-order valence-electron chi connectivity index (χ0n) is 11.6. The van der Waals surface area contributed by atoms with Crippen LogP contribution in [0.25, 0.3) is 0 Å². The molecule has 0 aliphatic heterocycles. The van der Waals surface area contributed by atoms with Crippen molar-refractivity contribution >= 4 is 5.91 Å². The molecular formula is C16H23NO2. The predicted octanol–water partition coefficient (Wildman–Crippen LogP) is 2.39. The van der Waals surface area contributed by atoms with Crippen LogP contribution in [0.15, 0.2) is 24.3 Å². The van der Waals surface area contributed by atoms with Crippen LogP contribution in [0.4, 0.5) is 0 Å². The summed E-state index contributed by atoms with van der Waals surface area (Å²) in [5.74, 6) is 0.790. The van der Waals surface area contributed by atoms with E-state index in [9.17, 15) is 9.90 Å². The summed E-state index contributed by atoms with van der Waals surface area (Å²) in [6, 6.07) is 7.76. The number of hydrogen-bond donors (Lipinski definition) is 2. The second kappa shape index (κ2) is 6.71. The maximum atomic E-state index is 12.0. The van der Waals surface area contributed by atoms with Gasteiger partial charge in [0.1, 0.15) is 0 Å². The summed E-state index contributed by atoms with van der Waals surface area (Å²) < 4.78 is 0. The van der Waals surface area contributed by atoms with Gasteiger partial charge >= 0.3 is 0 Å². The molecule has 2 unspecified atom stereocenters. The standard InChI is InChI=1S/C16H23NO2/c1-2-12-6-8-13(9-7-12)16(19)17-10-14-4-3-5-15(14)11-18/h6-9,14-15,18H,2-5,10-11H2,1H3,(H,17,19). The molecule has 0 heterocycles. The first-order chi connectivity index (χ1) is 9.24. The molecule has 1 aliphatic carbocycles. The Kier molecular flexibility index (Phi) is 4.97. The highest BCUT2D eigenvalue weighted by atomic mass is 16.3. The number of aliphatic hydroxyl groups excluding tert-OH is 1. The van der Waals surface area contributed by atoms with Gasteiger partial charge in [-0.2, -0.15) is 0 Å². The molecule has 2 N–H and O–H groups in total. The number of aliphatic hydroxyl groups is 1. The first-order valence-electron chi connectivity index (χ1n) is 7.22. The van der Waals surface area contributed by atoms with E-state index in [2.05, 4.69) is 12.2 Å². The number of amides is 1. The molecule has 1 aromatic rings. The van der Waals surface area contributed by atoms with Crippen molar-refractivity contribution in [1.82, 2.24) is 5.32 Å². The van der Waals surface area contributed by atoms with Gasteiger partial charge in [0.2, 0.25) is 0 Å². The molecule has 2 rings (SSSR count). The molecule has 3 heteroatoms. The lowest BCUT2D eigenvalue weighted by molar-refractivity contribution is 0.0938. The first kappa shape index (κ1) is 14.1. The third-order valence-electron chi connectivity index (χ3n) is 4.20. The molecular weight excluding hydrogens is 238 g/mol. The normalized spacial score (nSPS) is 22.4. The Morgan fingerprint density at radius 2 is 1.95 bits per heavy atom. The van der Waals surface area contributed by atoms with Crippen LogP contribution in [-0.4, -0.2) is 24.2 Å². The maximum absolute atomic E-state index is 12.0. The van der Waals surface area contributed by atoms with Crippen molar-refractivity contribution in [2.24, 2.45) is 11.8 Å². The van der Waals surface area contributed by atoms with Crippen LogP contribution < -0.4 is 5.32 Å². The highest BCUT2D eigenvalue weighted by Gasteiger charge is 2.26. The minimum Gasteiger partial charge on any atom is -0.396 e. The monoisotopic (exact) mass is 261 g/mol. The van der Waals surface area contributed by atoms with E-state index in [4.69, 9.17) is 0 Å². The highest BCUT2D eigenvalue weighted by Crippen LogP contribution is 2.30. The van der Waals surface area contributed by atoms with Crippen molar-refractivity contribution in [2.75, 3.05) is 13.2 Å². The Morgan fingerprint density at radius 3 is 2.58 bits per heavy atom. The van der Waals surface area contributed by atoms with E-state index in [-0.39, 0.29) is 12.5 Å². The maximum Gasteiger partial charge on any atom is 0.251 e. The van der Waals surface area contributed by atoms with Crippen molar-refractivity contribution in [3.8, 4) is 0 Å². The summed E-state index contributed by atoms with van der Waals surface area (Å²) in [5.41, 5.74) is 1.96. The molecule has 19 heavy (non-hydrogen) atoms. The SMILES string of the molecule is CCc1ccc(C(=O)NCC2CCCC2CO)cc1. The zero-order chi connectivity index (χ0) is 13.7. The van der Waals surface area contributed by atoms with Crippen molar-refractivity contribution in [1.29, 1.82) is 0 Å². The summed E-state index contributed by atoms with van der Waals surface area (Å²) in [7, 11) is 0. The molecule has 1 fully saturated rings. The van der Waals surface area contributed by atoms with Gasteiger partial charge in [-0.1, -0.05) is 25.5 Å². The lowest BCUT2D eigenvalue weighted by atomic mass is 9.97. The van der Waals surface area contributed by atoms with Crippen LogP contribution in [0, 0.1) is 11.8 Å². The highest BCUT2D eigenvalue weighted by molar-refractivity contribution is 5.94. The van der Waals surface area contributed by atoms with Crippen LogP contribution in [0.3, 0.4) is 0 Å². The fraction of sp³-hybridized carbons (Fsp3) is 0.562. The molecule has 0 aromatic heterocycles. The minimum atomic E-state index is -0.00811. The Bertz CT molecular complexity index is 413. The van der Waals surface area contributed by atoms with Crippen LogP contribution in [-0.2, 0) is 6.42 Å². The van der Waals surface area contributed by atoms with Gasteiger partial charge in [-0.05, 0) is 48.8 Å². The van der Waals surface area contributed by atoms with E-state index in [0.717, 1.165) is 31.2 Å². The smallest absolute Gasteiger partial charge is 0.251 e. The molecule has 0 radical (unpaired) electrons. The van der Waals surface area contributed by atoms with Crippen LogP contribution in [0.5, 0.6) is 0 Å². The number of carbonyl (C=O) groups is 1. The van der Waals surface area contributed by atoms with E-state index >= 15 is 0 Å². The topological polar surface area (TPSA) is 49.3 Å². The van der Waals surface area contributed by atoms with Gasteiger partial charge in [-0.3, -0.25) is 4.79 Å². The third-order valence-corrected chi connectivity index (χ3v) is 4.20. The van der Waals surface area contributed by atoms with Crippen LogP contribution in [0.2, 0.25) is 0 Å². The number of benzene rings is 1. The van der Waals surface area contributed by atoms with Crippen LogP contribution in [0.1, 0.15) is 42.1 Å². The predicted molar refractivity (Wildman–Crippen MR) is 76.1 cm³/mol. The zero-order valence-corrected chi connectivity index (χ0v) is 11.6. The van der Waals surface area contributed by atoms with Crippen LogP contribution >= 0.6 is 0 Å². The Morgan fingerprint density at radius 1 is 1.26 bits per heavy atom. The van der Waals surface area contributed by atoms with E-state index in [1.54, 1.807) is 0 Å². The van der Waals surface area contributed by atoms with Crippen molar-refractivity contribution in [3.63, 3.8) is 0 Å². The number of carbonyl (C=O) groups excluding carboxylic acids is 1. The summed E-state index contributed by atoms with van der Waals surface area (Å²) in [6.45, 7) is 3.02. The third kappa shape index (κ3) is 3.57. The fourth-order valence-corrected chi connectivity index (χ4v) is 2.84. The lowest BCUT2D eigenvalue weighted by Gasteiger charge is -2.17. The van der Waals surface area contributed by atoms with Gasteiger partial charge in [-0.25, -0.2) is 0 Å². The average Bonchev–Trinajstić information content (AvgIpc) is 2.92. The summed E-state index contributed by atoms with van der Waals surface area (Å²) >= 11 is 0. The summed E-state index contributed by atoms with van der Waals surface area (Å²) in [6.07, 6.45) is 4.35. The first-order valence-corrected chi connectivity index (χ1v) is 7.22. The number of nitrogens with one attached hydrogen (secondary N) is 1. The molecule has 1 saturated carbocycles. The number of rotatable bonds is 5. The Labute approximate surface area is 115 Å². The molecule has 0 bridgehead atoms. The largest absolute Gasteiger partial charge is 0.396 e. The van der Waals surface area contributed by atoms with Crippen molar-refractivity contribution in [3.05, 3.63) is 35.4 Å². The molecule has 1 amide bonds. The lowest BCUT2D eigenvalue weighted by Crippen LogP contribution is -2.31. The molecule has 2 atom stereocenters. The number of hydrogen-bond acceptors (Lipinski definition) is 2. The van der Waals surface area contributed by atoms with E-state index in [1.165, 1.54) is 5.56 Å². The van der Waals surface area contributed by atoms with Gasteiger partial charge in [0.15, 0.2) is 0 Å². The molecule has 3 nitrogen and oxygen atoms in total. The van der Waals surface area contributed by atoms with E-state index in [0.29, 0.717) is 18.4 Å². The van der Waals surface area contributed by atoms with E-state index in [1.807, 2.05) is 24.3 Å². The second-order valence-corrected chi connectivity index (χ2v) is 5.39. The molecule has 0 saturated heterocycles. The Hall–Kier alpha value is -1.35. The van der Waals surface area contributed by atoms with Gasteiger partial charge in [0.05, 0.1) is 0 Å². The minimum absolute atomic E-state index is 0.00811. The fourth-order valence-electron chi connectivity index (χ4n) is 2.84. The van der Waals surface area contributed by atoms with E-state index < -0.39 is 0 Å². The summed E-state index contributed by atoms with van der Waals surface area (Å²) in [5, 5.41) is 12.3. The molecule has 1 aliphatic rings. The van der Waals surface area contributed by atoms with Crippen molar-refractivity contribution < 1.29 is 9.90 Å². The number of aryl methyl sites for hydroxylation is 1. The van der Waals surface area contributed by atoms with Gasteiger partial charge in [0, 0.05) is 18.7 Å². The quantitative estimate of drug-likeness (QED) is 0.855. The Balaban J connectivity index is 1.86. The second-order valence-electron chi connectivity index (χ2n) is 5.39. The molecule has 1 aromatic carbocycles. The average molecular weight is 261 g/mol.